The molecular weight excluding hydrogens is 126 g/mol. The van der Waals surface area contributed by atoms with E-state index in [9.17, 15) is 4.79 Å². The van der Waals surface area contributed by atoms with Crippen LogP contribution in [-0.2, 0) is 9.63 Å². The third-order valence-electron chi connectivity index (χ3n) is 0.741. The zero-order valence-electron chi connectivity index (χ0n) is 5.00. The summed E-state index contributed by atoms with van der Waals surface area (Å²) in [6.07, 6.45) is 0. The molecule has 0 aliphatic rings. The molecule has 0 rings (SSSR count). The first-order valence-corrected chi connectivity index (χ1v) is 2.34. The van der Waals surface area contributed by atoms with Gasteiger partial charge in [0.05, 0.1) is 13.7 Å². The van der Waals surface area contributed by atoms with Crippen LogP contribution < -0.4 is 5.48 Å². The van der Waals surface area contributed by atoms with Crippen molar-refractivity contribution in [2.45, 2.75) is 6.04 Å². The number of aliphatic carboxylic acids is 1. The summed E-state index contributed by atoms with van der Waals surface area (Å²) in [5.41, 5.74) is 2.08. The van der Waals surface area contributed by atoms with Crippen molar-refractivity contribution in [3.8, 4) is 0 Å². The lowest BCUT2D eigenvalue weighted by Gasteiger charge is -2.07. The number of rotatable bonds is 4. The second kappa shape index (κ2) is 4.25. The molecule has 0 aromatic heterocycles. The summed E-state index contributed by atoms with van der Waals surface area (Å²) in [7, 11) is 1.28. The summed E-state index contributed by atoms with van der Waals surface area (Å²) >= 11 is 0. The molecule has 0 unspecified atom stereocenters. The third-order valence-corrected chi connectivity index (χ3v) is 0.741. The highest BCUT2D eigenvalue weighted by Crippen LogP contribution is 1.79. The lowest BCUT2D eigenvalue weighted by molar-refractivity contribution is -0.144. The minimum atomic E-state index is -1.14. The van der Waals surface area contributed by atoms with Gasteiger partial charge in [-0.15, -0.1) is 0 Å². The standard InChI is InChI=1S/C4H9NO4/c1-9-5-3(2-6)4(7)8/h3,5-6H,2H2,1H3,(H,7,8)/t3-/m0/s1. The summed E-state index contributed by atoms with van der Waals surface area (Å²) in [5.74, 6) is -1.14. The van der Waals surface area contributed by atoms with Crippen LogP contribution in [0.15, 0.2) is 0 Å². The Balaban J connectivity index is 3.54. The number of hydrogen-bond donors (Lipinski definition) is 3. The largest absolute Gasteiger partial charge is 0.480 e. The first kappa shape index (κ1) is 8.35. The van der Waals surface area contributed by atoms with Gasteiger partial charge in [0, 0.05) is 0 Å². The zero-order valence-corrected chi connectivity index (χ0v) is 5.00. The molecule has 5 heteroatoms. The van der Waals surface area contributed by atoms with Crippen LogP contribution in [0, 0.1) is 0 Å². The van der Waals surface area contributed by atoms with E-state index in [0.29, 0.717) is 0 Å². The quantitative estimate of drug-likeness (QED) is 0.412. The van der Waals surface area contributed by atoms with Crippen molar-refractivity contribution in [2.24, 2.45) is 0 Å². The van der Waals surface area contributed by atoms with Crippen LogP contribution in [0.5, 0.6) is 0 Å². The molecule has 0 aliphatic carbocycles. The van der Waals surface area contributed by atoms with E-state index in [1.165, 1.54) is 7.11 Å². The maximum atomic E-state index is 10.0. The fraction of sp³-hybridized carbons (Fsp3) is 0.750. The molecule has 5 nitrogen and oxygen atoms in total. The highest BCUT2D eigenvalue weighted by Gasteiger charge is 2.13. The van der Waals surface area contributed by atoms with Gasteiger partial charge in [0.1, 0.15) is 0 Å². The Morgan fingerprint density at radius 1 is 1.89 bits per heavy atom. The van der Waals surface area contributed by atoms with Crippen molar-refractivity contribution in [1.82, 2.24) is 5.48 Å². The van der Waals surface area contributed by atoms with Crippen molar-refractivity contribution in [3.05, 3.63) is 0 Å². The van der Waals surface area contributed by atoms with E-state index in [1.54, 1.807) is 0 Å². The summed E-state index contributed by atoms with van der Waals surface area (Å²) in [6.45, 7) is -0.483. The molecule has 0 saturated heterocycles. The predicted octanol–water partition coefficient (Wildman–Crippen LogP) is -1.42. The smallest absolute Gasteiger partial charge is 0.325 e. The highest BCUT2D eigenvalue weighted by molar-refractivity contribution is 5.73. The van der Waals surface area contributed by atoms with E-state index < -0.39 is 18.6 Å². The molecule has 0 fully saturated rings. The highest BCUT2D eigenvalue weighted by atomic mass is 16.6. The Kier molecular flexibility index (Phi) is 3.94. The van der Waals surface area contributed by atoms with Crippen LogP contribution in [0.2, 0.25) is 0 Å². The molecule has 0 radical (unpaired) electrons. The van der Waals surface area contributed by atoms with E-state index in [1.807, 2.05) is 0 Å². The normalized spacial score (nSPS) is 13.1. The number of hydrogen-bond acceptors (Lipinski definition) is 4. The first-order chi connectivity index (χ1) is 4.22. The number of carbonyl (C=O) groups is 1. The summed E-state index contributed by atoms with van der Waals surface area (Å²) in [6, 6.07) is -1.03. The molecule has 0 amide bonds. The van der Waals surface area contributed by atoms with Crippen LogP contribution in [-0.4, -0.2) is 35.9 Å². The molecular formula is C4H9NO4. The van der Waals surface area contributed by atoms with Gasteiger partial charge in [-0.2, -0.15) is 5.48 Å². The van der Waals surface area contributed by atoms with Crippen molar-refractivity contribution in [1.29, 1.82) is 0 Å². The van der Waals surface area contributed by atoms with Crippen molar-refractivity contribution >= 4 is 5.97 Å². The maximum Gasteiger partial charge on any atom is 0.325 e. The fourth-order valence-electron chi connectivity index (χ4n) is 0.308. The van der Waals surface area contributed by atoms with Crippen molar-refractivity contribution in [2.75, 3.05) is 13.7 Å². The Hall–Kier alpha value is -0.650. The number of aliphatic hydroxyl groups is 1. The van der Waals surface area contributed by atoms with E-state index in [2.05, 4.69) is 10.3 Å². The van der Waals surface area contributed by atoms with Crippen LogP contribution in [0.25, 0.3) is 0 Å². The van der Waals surface area contributed by atoms with Crippen molar-refractivity contribution in [3.63, 3.8) is 0 Å². The predicted molar refractivity (Wildman–Crippen MR) is 28.7 cm³/mol. The summed E-state index contributed by atoms with van der Waals surface area (Å²) in [4.78, 5) is 14.3. The van der Waals surface area contributed by atoms with Crippen LogP contribution >= 0.6 is 0 Å². The molecule has 0 aromatic carbocycles. The molecule has 9 heavy (non-hydrogen) atoms. The fourth-order valence-corrected chi connectivity index (χ4v) is 0.308. The molecule has 54 valence electrons. The Bertz CT molecular complexity index is 94.6. The monoisotopic (exact) mass is 135 g/mol. The third kappa shape index (κ3) is 3.02. The SMILES string of the molecule is CON[C@@H](CO)C(=O)O. The molecule has 0 aromatic rings. The average molecular weight is 135 g/mol. The van der Waals surface area contributed by atoms with Gasteiger partial charge >= 0.3 is 5.97 Å². The number of nitrogens with one attached hydrogen (secondary N) is 1. The molecule has 0 heterocycles. The average Bonchev–Trinajstić information content (AvgIpc) is 1.82. The minimum Gasteiger partial charge on any atom is -0.480 e. The summed E-state index contributed by atoms with van der Waals surface area (Å²) in [5, 5.41) is 16.5. The van der Waals surface area contributed by atoms with E-state index in [0.717, 1.165) is 0 Å². The van der Waals surface area contributed by atoms with Gasteiger partial charge in [0.2, 0.25) is 0 Å². The maximum absolute atomic E-state index is 10.0. The van der Waals surface area contributed by atoms with Crippen LogP contribution in [0.1, 0.15) is 0 Å². The van der Waals surface area contributed by atoms with Gasteiger partial charge in [-0.25, -0.2) is 0 Å². The van der Waals surface area contributed by atoms with E-state index in [-0.39, 0.29) is 0 Å². The van der Waals surface area contributed by atoms with Crippen LogP contribution in [0.4, 0.5) is 0 Å². The van der Waals surface area contributed by atoms with E-state index >= 15 is 0 Å². The number of hydroxylamine groups is 1. The Morgan fingerprint density at radius 3 is 2.56 bits per heavy atom. The second-order valence-corrected chi connectivity index (χ2v) is 1.40. The van der Waals surface area contributed by atoms with E-state index in [4.69, 9.17) is 10.2 Å². The van der Waals surface area contributed by atoms with Crippen LogP contribution in [0.3, 0.4) is 0 Å². The van der Waals surface area contributed by atoms with Gasteiger partial charge < -0.3 is 15.1 Å². The minimum absolute atomic E-state index is 0.483. The van der Waals surface area contributed by atoms with Gasteiger partial charge in [-0.3, -0.25) is 4.79 Å². The van der Waals surface area contributed by atoms with Gasteiger partial charge in [0.15, 0.2) is 6.04 Å². The molecule has 3 N–H and O–H groups in total. The number of carboxylic acids is 1. The van der Waals surface area contributed by atoms with Gasteiger partial charge in [-0.05, 0) is 0 Å². The lowest BCUT2D eigenvalue weighted by atomic mass is 10.3. The zero-order chi connectivity index (χ0) is 7.28. The lowest BCUT2D eigenvalue weighted by Crippen LogP contribution is -2.38. The van der Waals surface area contributed by atoms with Gasteiger partial charge in [-0.1, -0.05) is 0 Å². The topological polar surface area (TPSA) is 78.8 Å². The molecule has 1 atom stereocenters. The molecule has 0 aliphatic heterocycles. The summed E-state index contributed by atoms with van der Waals surface area (Å²) < 4.78 is 0. The number of carboxylic acid groups (broad SMARTS) is 1. The molecule has 0 bridgehead atoms. The van der Waals surface area contributed by atoms with Gasteiger partial charge in [0.25, 0.3) is 0 Å². The second-order valence-electron chi connectivity index (χ2n) is 1.40. The Morgan fingerprint density at radius 2 is 2.44 bits per heavy atom. The first-order valence-electron chi connectivity index (χ1n) is 2.34. The van der Waals surface area contributed by atoms with Crippen molar-refractivity contribution < 1.29 is 19.8 Å². The Labute approximate surface area is 52.2 Å². The molecule has 0 spiro atoms. The number of aliphatic hydroxyl groups excluding tert-OH is 1. The molecule has 0 saturated carbocycles.